The summed E-state index contributed by atoms with van der Waals surface area (Å²) in [6, 6.07) is 0. The normalized spacial score (nSPS) is 14.4. The Kier molecular flexibility index (Phi) is 9.31. The molecule has 0 amide bonds. The van der Waals surface area contributed by atoms with Gasteiger partial charge in [0.2, 0.25) is 0 Å². The second-order valence-corrected chi connectivity index (χ2v) is 6.45. The Balaban J connectivity index is 4.52. The van der Waals surface area contributed by atoms with E-state index in [1.165, 1.54) is 0 Å². The molecule has 0 aromatic rings. The van der Waals surface area contributed by atoms with Crippen LogP contribution in [0.5, 0.6) is 0 Å². The van der Waals surface area contributed by atoms with Gasteiger partial charge < -0.3 is 9.47 Å². The Hall–Kier alpha value is -1.06. The van der Waals surface area contributed by atoms with Crippen LogP contribution in [0.2, 0.25) is 0 Å². The summed E-state index contributed by atoms with van der Waals surface area (Å²) >= 11 is 0. The fourth-order valence-electron chi connectivity index (χ4n) is 2.26. The van der Waals surface area contributed by atoms with Crippen molar-refractivity contribution < 1.29 is 19.1 Å². The van der Waals surface area contributed by atoms with Gasteiger partial charge in [0.15, 0.2) is 0 Å². The Morgan fingerprint density at radius 2 is 1.48 bits per heavy atom. The molecule has 0 bridgehead atoms. The van der Waals surface area contributed by atoms with Crippen LogP contribution in [0.1, 0.15) is 73.6 Å². The van der Waals surface area contributed by atoms with Crippen molar-refractivity contribution in [3.05, 3.63) is 0 Å². The van der Waals surface area contributed by atoms with Gasteiger partial charge in [-0.3, -0.25) is 9.59 Å². The van der Waals surface area contributed by atoms with Gasteiger partial charge in [-0.25, -0.2) is 0 Å². The van der Waals surface area contributed by atoms with E-state index >= 15 is 0 Å². The molecular formula is C17H32O4. The number of hydrogen-bond donors (Lipinski definition) is 0. The van der Waals surface area contributed by atoms with Crippen molar-refractivity contribution in [2.24, 2.45) is 11.8 Å². The predicted molar refractivity (Wildman–Crippen MR) is 83.9 cm³/mol. The number of carbonyl (C=O) groups excluding carboxylic acids is 2. The number of ether oxygens (including phenoxy) is 2. The topological polar surface area (TPSA) is 52.6 Å². The lowest BCUT2D eigenvalue weighted by molar-refractivity contribution is -0.161. The van der Waals surface area contributed by atoms with Crippen LogP contribution in [0.3, 0.4) is 0 Å². The molecule has 124 valence electrons. The van der Waals surface area contributed by atoms with Gasteiger partial charge in [-0.15, -0.1) is 0 Å². The van der Waals surface area contributed by atoms with E-state index in [0.717, 1.165) is 19.3 Å². The van der Waals surface area contributed by atoms with E-state index in [1.807, 2.05) is 34.6 Å². The molecule has 0 saturated heterocycles. The lowest BCUT2D eigenvalue weighted by Crippen LogP contribution is -2.29. The molecule has 0 aliphatic rings. The van der Waals surface area contributed by atoms with Crippen LogP contribution >= 0.6 is 0 Å². The van der Waals surface area contributed by atoms with E-state index in [2.05, 4.69) is 6.92 Å². The van der Waals surface area contributed by atoms with Crippen molar-refractivity contribution in [2.75, 3.05) is 6.61 Å². The van der Waals surface area contributed by atoms with Crippen LogP contribution in [0.15, 0.2) is 0 Å². The summed E-state index contributed by atoms with van der Waals surface area (Å²) in [5.41, 5.74) is -0.464. The summed E-state index contributed by atoms with van der Waals surface area (Å²) in [6.45, 7) is 11.9. The third-order valence-corrected chi connectivity index (χ3v) is 3.35. The average Bonchev–Trinajstić information content (AvgIpc) is 2.36. The number of carbonyl (C=O) groups is 2. The standard InChI is InChI=1S/C17H32O4/c1-7-10-14(15(18)20-9-3)12-11-13(8-2)16(19)21-17(4,5)6/h13-14H,7-12H2,1-6H3. The molecule has 0 spiro atoms. The van der Waals surface area contributed by atoms with Gasteiger partial charge in [-0.2, -0.15) is 0 Å². The monoisotopic (exact) mass is 300 g/mol. The maximum absolute atomic E-state index is 12.1. The van der Waals surface area contributed by atoms with Crippen molar-refractivity contribution in [1.82, 2.24) is 0 Å². The fourth-order valence-corrected chi connectivity index (χ4v) is 2.26. The molecule has 0 N–H and O–H groups in total. The first-order valence-corrected chi connectivity index (χ1v) is 8.14. The van der Waals surface area contributed by atoms with Gasteiger partial charge in [0.25, 0.3) is 0 Å². The largest absolute Gasteiger partial charge is 0.466 e. The molecule has 2 unspecified atom stereocenters. The van der Waals surface area contributed by atoms with Crippen LogP contribution < -0.4 is 0 Å². The molecule has 0 radical (unpaired) electrons. The molecule has 0 fully saturated rings. The third kappa shape index (κ3) is 8.74. The lowest BCUT2D eigenvalue weighted by atomic mass is 9.91. The van der Waals surface area contributed by atoms with E-state index in [4.69, 9.17) is 9.47 Å². The minimum Gasteiger partial charge on any atom is -0.466 e. The molecule has 0 aliphatic heterocycles. The molecule has 0 heterocycles. The van der Waals surface area contributed by atoms with E-state index in [9.17, 15) is 9.59 Å². The van der Waals surface area contributed by atoms with Crippen molar-refractivity contribution >= 4 is 11.9 Å². The zero-order valence-electron chi connectivity index (χ0n) is 14.5. The maximum atomic E-state index is 12.1. The molecule has 4 heteroatoms. The highest BCUT2D eigenvalue weighted by molar-refractivity contribution is 5.74. The van der Waals surface area contributed by atoms with Gasteiger partial charge in [-0.05, 0) is 53.4 Å². The number of rotatable bonds is 9. The van der Waals surface area contributed by atoms with E-state index < -0.39 is 5.60 Å². The first-order valence-electron chi connectivity index (χ1n) is 8.14. The predicted octanol–water partition coefficient (Wildman–Crippen LogP) is 4.11. The van der Waals surface area contributed by atoms with Crippen LogP contribution in [-0.4, -0.2) is 24.1 Å². The van der Waals surface area contributed by atoms with E-state index in [0.29, 0.717) is 19.4 Å². The fraction of sp³-hybridized carbons (Fsp3) is 0.882. The van der Waals surface area contributed by atoms with Crippen LogP contribution in [0.4, 0.5) is 0 Å². The zero-order chi connectivity index (χ0) is 16.5. The molecule has 0 rings (SSSR count). The Bertz CT molecular complexity index is 317. The molecule has 4 nitrogen and oxygen atoms in total. The smallest absolute Gasteiger partial charge is 0.309 e. The van der Waals surface area contributed by atoms with Crippen molar-refractivity contribution in [2.45, 2.75) is 79.2 Å². The SMILES string of the molecule is CCCC(CCC(CC)C(=O)OC(C)(C)C)C(=O)OCC. The second-order valence-electron chi connectivity index (χ2n) is 6.45. The Labute approximate surface area is 129 Å². The van der Waals surface area contributed by atoms with Crippen LogP contribution in [-0.2, 0) is 19.1 Å². The summed E-state index contributed by atoms with van der Waals surface area (Å²) in [7, 11) is 0. The first-order chi connectivity index (χ1) is 9.75. The summed E-state index contributed by atoms with van der Waals surface area (Å²) in [5.74, 6) is -0.549. The van der Waals surface area contributed by atoms with Crippen molar-refractivity contribution in [1.29, 1.82) is 0 Å². The Morgan fingerprint density at radius 3 is 1.90 bits per heavy atom. The van der Waals surface area contributed by atoms with E-state index in [-0.39, 0.29) is 23.8 Å². The number of hydrogen-bond acceptors (Lipinski definition) is 4. The highest BCUT2D eigenvalue weighted by Crippen LogP contribution is 2.23. The average molecular weight is 300 g/mol. The van der Waals surface area contributed by atoms with Crippen molar-refractivity contribution in [3.8, 4) is 0 Å². The molecular weight excluding hydrogens is 268 g/mol. The van der Waals surface area contributed by atoms with Gasteiger partial charge in [0.1, 0.15) is 5.60 Å². The molecule has 21 heavy (non-hydrogen) atoms. The summed E-state index contributed by atoms with van der Waals surface area (Å²) in [5, 5.41) is 0. The lowest BCUT2D eigenvalue weighted by Gasteiger charge is -2.24. The summed E-state index contributed by atoms with van der Waals surface area (Å²) < 4.78 is 10.5. The van der Waals surface area contributed by atoms with Crippen LogP contribution in [0, 0.1) is 11.8 Å². The van der Waals surface area contributed by atoms with Gasteiger partial charge in [0.05, 0.1) is 18.4 Å². The highest BCUT2D eigenvalue weighted by Gasteiger charge is 2.26. The third-order valence-electron chi connectivity index (χ3n) is 3.35. The number of esters is 2. The minimum absolute atomic E-state index is 0.105. The zero-order valence-corrected chi connectivity index (χ0v) is 14.5. The van der Waals surface area contributed by atoms with Crippen molar-refractivity contribution in [3.63, 3.8) is 0 Å². The molecule has 0 aromatic heterocycles. The van der Waals surface area contributed by atoms with Gasteiger partial charge in [0, 0.05) is 0 Å². The summed E-state index contributed by atoms with van der Waals surface area (Å²) in [4.78, 5) is 24.0. The van der Waals surface area contributed by atoms with Gasteiger partial charge >= 0.3 is 11.9 Å². The maximum Gasteiger partial charge on any atom is 0.309 e. The molecule has 0 aromatic carbocycles. The summed E-state index contributed by atoms with van der Waals surface area (Å²) in [6.07, 6.45) is 3.84. The quantitative estimate of drug-likeness (QED) is 0.601. The van der Waals surface area contributed by atoms with Crippen LogP contribution in [0.25, 0.3) is 0 Å². The highest BCUT2D eigenvalue weighted by atomic mass is 16.6. The molecule has 0 aliphatic carbocycles. The molecule has 0 saturated carbocycles. The minimum atomic E-state index is -0.464. The second kappa shape index (κ2) is 9.80. The first kappa shape index (κ1) is 19.9. The molecule has 2 atom stereocenters. The van der Waals surface area contributed by atoms with Gasteiger partial charge in [-0.1, -0.05) is 20.3 Å². The Morgan fingerprint density at radius 1 is 0.905 bits per heavy atom. The van der Waals surface area contributed by atoms with E-state index in [1.54, 1.807) is 0 Å².